The fourth-order valence-electron chi connectivity index (χ4n) is 3.08. The highest BCUT2D eigenvalue weighted by Gasteiger charge is 2.34. The highest BCUT2D eigenvalue weighted by atomic mass is 32.2. The average Bonchev–Trinajstić information content (AvgIpc) is 2.54. The van der Waals surface area contributed by atoms with E-state index in [1.807, 2.05) is 19.1 Å². The molecule has 2 aromatic carbocycles. The molecule has 126 valence electrons. The van der Waals surface area contributed by atoms with Gasteiger partial charge in [0.1, 0.15) is 0 Å². The minimum absolute atomic E-state index is 0.0525. The van der Waals surface area contributed by atoms with Gasteiger partial charge in [-0.25, -0.2) is 8.42 Å². The lowest BCUT2D eigenvalue weighted by Crippen LogP contribution is -2.42. The number of anilines is 1. The molecule has 0 unspecified atom stereocenters. The summed E-state index contributed by atoms with van der Waals surface area (Å²) >= 11 is 0. The zero-order valence-corrected chi connectivity index (χ0v) is 14.3. The Morgan fingerprint density at radius 3 is 2.62 bits per heavy atom. The van der Waals surface area contributed by atoms with Crippen LogP contribution in [-0.2, 0) is 16.4 Å². The number of nitro benzene ring substituents is 1. The van der Waals surface area contributed by atoms with Gasteiger partial charge in [-0.05, 0) is 44.4 Å². The maximum Gasteiger partial charge on any atom is 0.273 e. The molecule has 1 atom stereocenters. The van der Waals surface area contributed by atoms with Crippen molar-refractivity contribution in [3.8, 4) is 0 Å². The molecule has 1 aliphatic heterocycles. The first-order valence-corrected chi connectivity index (χ1v) is 9.14. The van der Waals surface area contributed by atoms with E-state index in [-0.39, 0.29) is 16.6 Å². The highest BCUT2D eigenvalue weighted by molar-refractivity contribution is 7.92. The Balaban J connectivity index is 2.15. The van der Waals surface area contributed by atoms with E-state index < -0.39 is 14.9 Å². The molecular weight excluding hydrogens is 328 g/mol. The smallest absolute Gasteiger partial charge is 0.263 e. The Kier molecular flexibility index (Phi) is 4.04. The summed E-state index contributed by atoms with van der Waals surface area (Å²) in [4.78, 5) is 10.5. The van der Waals surface area contributed by atoms with Crippen molar-refractivity contribution in [1.29, 1.82) is 0 Å². The predicted octanol–water partition coefficient (Wildman–Crippen LogP) is 3.43. The Morgan fingerprint density at radius 1 is 1.21 bits per heavy atom. The van der Waals surface area contributed by atoms with Crippen LogP contribution in [0.3, 0.4) is 0 Å². The Bertz CT molecular complexity index is 909. The van der Waals surface area contributed by atoms with Crippen molar-refractivity contribution in [2.45, 2.75) is 37.6 Å². The second kappa shape index (κ2) is 5.90. The van der Waals surface area contributed by atoms with Crippen molar-refractivity contribution >= 4 is 21.4 Å². The molecule has 2 aromatic rings. The molecule has 0 amide bonds. The predicted molar refractivity (Wildman–Crippen MR) is 91.7 cm³/mol. The molecule has 0 spiro atoms. The molecule has 0 saturated carbocycles. The van der Waals surface area contributed by atoms with Crippen LogP contribution in [0, 0.1) is 17.0 Å². The Hall–Kier alpha value is -2.41. The number of benzene rings is 2. The standard InChI is InChI=1S/C17H18N2O4S/c1-12-7-10-15(11-17(12)19(20)21)24(22,23)18-13(2)8-9-14-5-3-4-6-16(14)18/h3-7,10-11,13H,8-9H2,1-2H3/t13-/m0/s1. The molecule has 1 heterocycles. The van der Waals surface area contributed by atoms with Crippen LogP contribution in [0.4, 0.5) is 11.4 Å². The molecule has 0 N–H and O–H groups in total. The molecule has 7 heteroatoms. The number of nitro groups is 1. The van der Waals surface area contributed by atoms with E-state index in [1.165, 1.54) is 16.4 Å². The molecule has 0 bridgehead atoms. The zero-order chi connectivity index (χ0) is 17.5. The van der Waals surface area contributed by atoms with Crippen molar-refractivity contribution in [3.05, 3.63) is 63.7 Å². The lowest BCUT2D eigenvalue weighted by Gasteiger charge is -2.35. The molecule has 0 aromatic heterocycles. The van der Waals surface area contributed by atoms with Crippen molar-refractivity contribution in [3.63, 3.8) is 0 Å². The van der Waals surface area contributed by atoms with Gasteiger partial charge < -0.3 is 0 Å². The summed E-state index contributed by atoms with van der Waals surface area (Å²) in [6, 6.07) is 11.2. The van der Waals surface area contributed by atoms with Gasteiger partial charge in [0.05, 0.1) is 15.5 Å². The number of rotatable bonds is 3. The monoisotopic (exact) mass is 346 g/mol. The minimum Gasteiger partial charge on any atom is -0.263 e. The van der Waals surface area contributed by atoms with Crippen LogP contribution >= 0.6 is 0 Å². The van der Waals surface area contributed by atoms with E-state index in [2.05, 4.69) is 0 Å². The van der Waals surface area contributed by atoms with E-state index >= 15 is 0 Å². The zero-order valence-electron chi connectivity index (χ0n) is 13.5. The lowest BCUT2D eigenvalue weighted by molar-refractivity contribution is -0.385. The maximum absolute atomic E-state index is 13.1. The third kappa shape index (κ3) is 2.65. The first-order chi connectivity index (χ1) is 11.3. The summed E-state index contributed by atoms with van der Waals surface area (Å²) in [5.74, 6) is 0. The largest absolute Gasteiger partial charge is 0.273 e. The molecule has 0 saturated heterocycles. The molecule has 0 aliphatic carbocycles. The third-order valence-corrected chi connectivity index (χ3v) is 6.32. The Morgan fingerprint density at radius 2 is 1.92 bits per heavy atom. The number of sulfonamides is 1. The number of fused-ring (bicyclic) bond motifs is 1. The Labute approximate surface area is 140 Å². The van der Waals surface area contributed by atoms with Gasteiger partial charge >= 0.3 is 0 Å². The second-order valence-electron chi connectivity index (χ2n) is 6.02. The number of hydrogen-bond donors (Lipinski definition) is 0. The van der Waals surface area contributed by atoms with Gasteiger partial charge in [0.15, 0.2) is 0 Å². The van der Waals surface area contributed by atoms with Crippen LogP contribution in [0.15, 0.2) is 47.4 Å². The molecule has 0 fully saturated rings. The number of hydrogen-bond acceptors (Lipinski definition) is 4. The number of para-hydroxylation sites is 1. The molecule has 1 aliphatic rings. The van der Waals surface area contributed by atoms with Crippen molar-refractivity contribution in [1.82, 2.24) is 0 Å². The van der Waals surface area contributed by atoms with Crippen LogP contribution in [0.2, 0.25) is 0 Å². The summed E-state index contributed by atoms with van der Waals surface area (Å²) in [5.41, 5.74) is 1.88. The van der Waals surface area contributed by atoms with E-state index in [1.54, 1.807) is 19.1 Å². The molecule has 24 heavy (non-hydrogen) atoms. The number of aryl methyl sites for hydroxylation is 2. The summed E-state index contributed by atoms with van der Waals surface area (Å²) in [5, 5.41) is 11.1. The van der Waals surface area contributed by atoms with Gasteiger partial charge in [-0.15, -0.1) is 0 Å². The van der Waals surface area contributed by atoms with E-state index in [0.29, 0.717) is 17.7 Å². The van der Waals surface area contributed by atoms with E-state index in [9.17, 15) is 18.5 Å². The van der Waals surface area contributed by atoms with Gasteiger partial charge in [0, 0.05) is 17.7 Å². The summed E-state index contributed by atoms with van der Waals surface area (Å²) < 4.78 is 27.7. The van der Waals surface area contributed by atoms with Crippen molar-refractivity contribution in [2.24, 2.45) is 0 Å². The van der Waals surface area contributed by atoms with Crippen LogP contribution < -0.4 is 4.31 Å². The molecule has 6 nitrogen and oxygen atoms in total. The van der Waals surface area contributed by atoms with Crippen molar-refractivity contribution < 1.29 is 13.3 Å². The van der Waals surface area contributed by atoms with Crippen LogP contribution in [-0.4, -0.2) is 19.4 Å². The van der Waals surface area contributed by atoms with Crippen LogP contribution in [0.25, 0.3) is 0 Å². The first-order valence-electron chi connectivity index (χ1n) is 7.70. The fraction of sp³-hybridized carbons (Fsp3) is 0.294. The number of nitrogens with zero attached hydrogens (tertiary/aromatic N) is 2. The average molecular weight is 346 g/mol. The van der Waals surface area contributed by atoms with Gasteiger partial charge in [0.2, 0.25) is 0 Å². The second-order valence-corrected chi connectivity index (χ2v) is 7.84. The molecular formula is C17H18N2O4S. The topological polar surface area (TPSA) is 80.5 Å². The van der Waals surface area contributed by atoms with Crippen LogP contribution in [0.1, 0.15) is 24.5 Å². The van der Waals surface area contributed by atoms with Gasteiger partial charge in [-0.2, -0.15) is 0 Å². The SMILES string of the molecule is Cc1ccc(S(=O)(=O)N2c3ccccc3CC[C@@H]2C)cc1[N+](=O)[O-]. The van der Waals surface area contributed by atoms with E-state index in [0.717, 1.165) is 18.1 Å². The normalized spacial score (nSPS) is 17.4. The first kappa shape index (κ1) is 16.4. The van der Waals surface area contributed by atoms with Gasteiger partial charge in [-0.3, -0.25) is 14.4 Å². The van der Waals surface area contributed by atoms with Crippen molar-refractivity contribution in [2.75, 3.05) is 4.31 Å². The molecule has 0 radical (unpaired) electrons. The summed E-state index contributed by atoms with van der Waals surface area (Å²) in [7, 11) is -3.87. The summed E-state index contributed by atoms with van der Waals surface area (Å²) in [6.07, 6.45) is 1.53. The third-order valence-electron chi connectivity index (χ3n) is 4.39. The van der Waals surface area contributed by atoms with E-state index in [4.69, 9.17) is 0 Å². The van der Waals surface area contributed by atoms with Gasteiger partial charge in [0.25, 0.3) is 15.7 Å². The fourth-order valence-corrected chi connectivity index (χ4v) is 4.83. The molecule has 3 rings (SSSR count). The van der Waals surface area contributed by atoms with Gasteiger partial charge in [-0.1, -0.05) is 24.3 Å². The maximum atomic E-state index is 13.1. The quantitative estimate of drug-likeness (QED) is 0.630. The lowest BCUT2D eigenvalue weighted by atomic mass is 9.99. The highest BCUT2D eigenvalue weighted by Crippen LogP contribution is 2.36. The minimum atomic E-state index is -3.87. The summed E-state index contributed by atoms with van der Waals surface area (Å²) in [6.45, 7) is 3.45. The van der Waals surface area contributed by atoms with Crippen LogP contribution in [0.5, 0.6) is 0 Å².